The van der Waals surface area contributed by atoms with Crippen LogP contribution in [0.4, 0.5) is 18.9 Å². The van der Waals surface area contributed by atoms with Gasteiger partial charge >= 0.3 is 6.18 Å². The molecule has 1 amide bonds. The molecule has 0 saturated carbocycles. The molecule has 4 aromatic rings. The van der Waals surface area contributed by atoms with E-state index in [4.69, 9.17) is 12.2 Å². The Morgan fingerprint density at radius 2 is 1.85 bits per heavy atom. The number of para-hydroxylation sites is 1. The molecule has 2 aromatic heterocycles. The van der Waals surface area contributed by atoms with E-state index in [1.165, 1.54) is 6.07 Å². The zero-order chi connectivity index (χ0) is 27.6. The molecular weight excluding hydrogens is 523 g/mol. The molecule has 10 heteroatoms. The van der Waals surface area contributed by atoms with E-state index in [1.54, 1.807) is 29.1 Å². The maximum atomic E-state index is 13.5. The minimum Gasteiger partial charge on any atom is -0.352 e. The van der Waals surface area contributed by atoms with E-state index in [2.05, 4.69) is 15.6 Å². The van der Waals surface area contributed by atoms with Crippen molar-refractivity contribution in [3.8, 4) is 5.69 Å². The van der Waals surface area contributed by atoms with Crippen molar-refractivity contribution in [2.45, 2.75) is 31.6 Å². The number of amides is 1. The number of carbonyl (C=O) groups excluding carboxylic acids is 1. The number of hydrogen-bond acceptors (Lipinski definition) is 3. The Hall–Kier alpha value is -4.18. The van der Waals surface area contributed by atoms with Crippen LogP contribution < -0.4 is 10.6 Å². The van der Waals surface area contributed by atoms with Crippen LogP contribution in [-0.4, -0.2) is 32.0 Å². The normalized spacial score (nSPS) is 17.2. The quantitative estimate of drug-likeness (QED) is 0.269. The predicted octanol–water partition coefficient (Wildman–Crippen LogP) is 6.20. The van der Waals surface area contributed by atoms with Gasteiger partial charge in [-0.3, -0.25) is 9.78 Å². The molecule has 0 spiro atoms. The second-order valence-corrected chi connectivity index (χ2v) is 9.67. The second kappa shape index (κ2) is 10.9. The van der Waals surface area contributed by atoms with Crippen molar-refractivity contribution in [2.75, 3.05) is 11.9 Å². The van der Waals surface area contributed by atoms with Gasteiger partial charge in [0.1, 0.15) is 0 Å². The van der Waals surface area contributed by atoms with Gasteiger partial charge in [-0.15, -0.1) is 0 Å². The number of aromatic nitrogens is 2. The number of alkyl halides is 3. The molecule has 1 aliphatic rings. The lowest BCUT2D eigenvalue weighted by Crippen LogP contribution is -2.33. The number of aryl methyl sites for hydroxylation is 1. The fourth-order valence-electron chi connectivity index (χ4n) is 4.82. The van der Waals surface area contributed by atoms with Gasteiger partial charge in [-0.1, -0.05) is 30.3 Å². The lowest BCUT2D eigenvalue weighted by molar-refractivity contribution is -0.137. The summed E-state index contributed by atoms with van der Waals surface area (Å²) in [5.74, 6) is -0.166. The van der Waals surface area contributed by atoms with Gasteiger partial charge in [0.2, 0.25) is 5.91 Å². The van der Waals surface area contributed by atoms with Crippen LogP contribution in [0.1, 0.15) is 41.0 Å². The van der Waals surface area contributed by atoms with E-state index in [0.29, 0.717) is 17.3 Å². The molecule has 1 fully saturated rings. The SMILES string of the molecule is Cc1ccccc1NC(=O)CCN1C(=S)N[C@H](c2ccccn2)[C@H]1c1cccn1-c1cccc(C(F)(F)F)c1. The Morgan fingerprint density at radius 3 is 2.59 bits per heavy atom. The maximum Gasteiger partial charge on any atom is 0.416 e. The summed E-state index contributed by atoms with van der Waals surface area (Å²) in [7, 11) is 0. The first-order chi connectivity index (χ1) is 18.7. The molecule has 0 aliphatic carbocycles. The van der Waals surface area contributed by atoms with Crippen LogP contribution in [0, 0.1) is 6.92 Å². The maximum absolute atomic E-state index is 13.5. The minimum absolute atomic E-state index is 0.159. The highest BCUT2D eigenvalue weighted by molar-refractivity contribution is 7.80. The average Bonchev–Trinajstić information content (AvgIpc) is 3.53. The van der Waals surface area contributed by atoms with Crippen LogP contribution >= 0.6 is 12.2 Å². The highest BCUT2D eigenvalue weighted by atomic mass is 32.1. The summed E-state index contributed by atoms with van der Waals surface area (Å²) in [6.07, 6.45) is -0.898. The van der Waals surface area contributed by atoms with Crippen molar-refractivity contribution in [3.63, 3.8) is 0 Å². The summed E-state index contributed by atoms with van der Waals surface area (Å²) in [5, 5.41) is 6.71. The van der Waals surface area contributed by atoms with Gasteiger partial charge in [-0.2, -0.15) is 13.2 Å². The van der Waals surface area contributed by atoms with Crippen LogP contribution in [0.3, 0.4) is 0 Å². The van der Waals surface area contributed by atoms with Gasteiger partial charge in [0.25, 0.3) is 0 Å². The first kappa shape index (κ1) is 26.4. The molecule has 6 nitrogen and oxygen atoms in total. The highest BCUT2D eigenvalue weighted by Crippen LogP contribution is 2.40. The van der Waals surface area contributed by atoms with E-state index in [-0.39, 0.29) is 18.4 Å². The lowest BCUT2D eigenvalue weighted by atomic mass is 10.0. The molecule has 2 atom stereocenters. The number of rotatable bonds is 7. The summed E-state index contributed by atoms with van der Waals surface area (Å²) >= 11 is 5.70. The van der Waals surface area contributed by atoms with Gasteiger partial charge < -0.3 is 20.1 Å². The third kappa shape index (κ3) is 5.65. The molecule has 5 rings (SSSR count). The number of thiocarbonyl (C=S) groups is 1. The van der Waals surface area contributed by atoms with Crippen LogP contribution in [0.5, 0.6) is 0 Å². The Bertz CT molecular complexity index is 1490. The van der Waals surface area contributed by atoms with Gasteiger partial charge in [-0.25, -0.2) is 0 Å². The summed E-state index contributed by atoms with van der Waals surface area (Å²) in [6.45, 7) is 2.22. The summed E-state index contributed by atoms with van der Waals surface area (Å²) in [4.78, 5) is 19.3. The lowest BCUT2D eigenvalue weighted by Gasteiger charge is -2.29. The van der Waals surface area contributed by atoms with Crippen LogP contribution in [0.25, 0.3) is 5.69 Å². The predicted molar refractivity (Wildman–Crippen MR) is 147 cm³/mol. The van der Waals surface area contributed by atoms with Gasteiger partial charge in [0.15, 0.2) is 5.11 Å². The average molecular weight is 550 g/mol. The van der Waals surface area contributed by atoms with E-state index < -0.39 is 17.8 Å². The zero-order valence-electron chi connectivity index (χ0n) is 21.0. The summed E-state index contributed by atoms with van der Waals surface area (Å²) in [6, 6.07) is 21.1. The molecular formula is C29H26F3N5OS. The Kier molecular flexibility index (Phi) is 7.38. The standard InChI is InChI=1S/C29H26F3N5OS/c1-19-8-2-3-11-22(19)34-25(38)14-17-37-27(26(35-28(37)39)23-12-4-5-15-33-23)24-13-7-16-36(24)21-10-6-9-20(18-21)29(30,31)32/h2-13,15-16,18,26-27H,14,17H2,1H3,(H,34,38)(H,35,39)/t26-,27-/m1/s1. The van der Waals surface area contributed by atoms with Gasteiger partial charge in [-0.05, 0) is 73.2 Å². The van der Waals surface area contributed by atoms with Crippen LogP contribution in [-0.2, 0) is 11.0 Å². The smallest absolute Gasteiger partial charge is 0.352 e. The second-order valence-electron chi connectivity index (χ2n) is 9.28. The van der Waals surface area contributed by atoms with Crippen molar-refractivity contribution >= 4 is 28.9 Å². The monoisotopic (exact) mass is 549 g/mol. The Labute approximate surface area is 229 Å². The number of carbonyl (C=O) groups is 1. The molecule has 39 heavy (non-hydrogen) atoms. The molecule has 3 heterocycles. The number of nitrogens with one attached hydrogen (secondary N) is 2. The van der Waals surface area contributed by atoms with Crippen molar-refractivity contribution in [3.05, 3.63) is 114 Å². The van der Waals surface area contributed by atoms with Gasteiger partial charge in [0, 0.05) is 42.4 Å². The molecule has 2 aromatic carbocycles. The van der Waals surface area contributed by atoms with Crippen LogP contribution in [0.2, 0.25) is 0 Å². The Balaban J connectivity index is 1.47. The molecule has 200 valence electrons. The molecule has 0 radical (unpaired) electrons. The fourth-order valence-corrected chi connectivity index (χ4v) is 5.15. The van der Waals surface area contributed by atoms with Gasteiger partial charge in [0.05, 0.1) is 23.3 Å². The highest BCUT2D eigenvalue weighted by Gasteiger charge is 2.41. The fraction of sp³-hybridized carbons (Fsp3) is 0.207. The minimum atomic E-state index is -4.47. The van der Waals surface area contributed by atoms with E-state index in [9.17, 15) is 18.0 Å². The summed E-state index contributed by atoms with van der Waals surface area (Å²) < 4.78 is 42.2. The number of anilines is 1. The largest absolute Gasteiger partial charge is 0.416 e. The van der Waals surface area contributed by atoms with Crippen molar-refractivity contribution in [1.82, 2.24) is 19.8 Å². The number of hydrogen-bond donors (Lipinski definition) is 2. The molecule has 1 saturated heterocycles. The van der Waals surface area contributed by atoms with E-state index in [0.717, 1.165) is 34.8 Å². The number of nitrogens with zero attached hydrogens (tertiary/aromatic N) is 3. The van der Waals surface area contributed by atoms with Crippen LogP contribution in [0.15, 0.2) is 91.3 Å². The molecule has 0 unspecified atom stereocenters. The van der Waals surface area contributed by atoms with Crippen molar-refractivity contribution in [1.29, 1.82) is 0 Å². The number of benzene rings is 2. The topological polar surface area (TPSA) is 62.2 Å². The number of pyridine rings is 1. The third-order valence-electron chi connectivity index (χ3n) is 6.73. The molecule has 0 bridgehead atoms. The first-order valence-corrected chi connectivity index (χ1v) is 12.8. The first-order valence-electron chi connectivity index (χ1n) is 12.4. The summed E-state index contributed by atoms with van der Waals surface area (Å²) in [5.41, 5.74) is 2.79. The molecule has 2 N–H and O–H groups in total. The number of halogens is 3. The zero-order valence-corrected chi connectivity index (χ0v) is 21.8. The third-order valence-corrected chi connectivity index (χ3v) is 7.08. The molecule has 1 aliphatic heterocycles. The van der Waals surface area contributed by atoms with Crippen molar-refractivity contribution in [2.24, 2.45) is 0 Å². The van der Waals surface area contributed by atoms with Crippen molar-refractivity contribution < 1.29 is 18.0 Å². The van der Waals surface area contributed by atoms with E-state index in [1.807, 2.05) is 60.4 Å². The Morgan fingerprint density at radius 1 is 1.05 bits per heavy atom. The van der Waals surface area contributed by atoms with E-state index >= 15 is 0 Å².